The Balaban J connectivity index is 1.60. The number of nitro benzene ring substituents is 1. The standard InChI is InChI=1S/C16H13N5O4S/c1-10-7-15(25-20-10)17-14(22)9-26-16-6-5-13(18-19-16)11-3-2-4-12(8-11)21(23)24/h2-8H,9H2,1H3,(H,17,22). The Bertz CT molecular complexity index is 942. The average molecular weight is 371 g/mol. The van der Waals surface area contributed by atoms with Crippen molar-refractivity contribution in [3.05, 3.63) is 58.3 Å². The van der Waals surface area contributed by atoms with Gasteiger partial charge in [0.1, 0.15) is 5.03 Å². The number of hydrogen-bond donors (Lipinski definition) is 1. The highest BCUT2D eigenvalue weighted by Gasteiger charge is 2.10. The lowest BCUT2D eigenvalue weighted by atomic mass is 10.1. The number of nitro groups is 1. The minimum atomic E-state index is -0.463. The van der Waals surface area contributed by atoms with Crippen LogP contribution in [-0.4, -0.2) is 31.9 Å². The molecule has 2 aromatic heterocycles. The van der Waals surface area contributed by atoms with Crippen LogP contribution in [0.15, 0.2) is 52.0 Å². The number of thioether (sulfide) groups is 1. The summed E-state index contributed by atoms with van der Waals surface area (Å²) in [5, 5.41) is 25.8. The molecule has 26 heavy (non-hydrogen) atoms. The number of nitrogens with one attached hydrogen (secondary N) is 1. The number of anilines is 1. The third kappa shape index (κ3) is 4.42. The van der Waals surface area contributed by atoms with Crippen LogP contribution in [0.1, 0.15) is 5.69 Å². The van der Waals surface area contributed by atoms with Crippen LogP contribution >= 0.6 is 11.8 Å². The molecule has 0 bridgehead atoms. The number of aromatic nitrogens is 3. The molecule has 132 valence electrons. The van der Waals surface area contributed by atoms with Gasteiger partial charge in [-0.15, -0.1) is 10.2 Å². The Hall–Kier alpha value is -3.27. The summed E-state index contributed by atoms with van der Waals surface area (Å²) in [7, 11) is 0. The van der Waals surface area contributed by atoms with Crippen molar-refractivity contribution in [2.75, 3.05) is 11.1 Å². The molecule has 0 saturated heterocycles. The Morgan fingerprint density at radius 3 is 2.77 bits per heavy atom. The van der Waals surface area contributed by atoms with Gasteiger partial charge in [-0.3, -0.25) is 20.2 Å². The Morgan fingerprint density at radius 1 is 1.27 bits per heavy atom. The molecule has 1 aromatic carbocycles. The van der Waals surface area contributed by atoms with Gasteiger partial charge >= 0.3 is 0 Å². The Morgan fingerprint density at radius 2 is 2.12 bits per heavy atom. The van der Waals surface area contributed by atoms with Gasteiger partial charge in [0.2, 0.25) is 11.8 Å². The second-order valence-corrected chi connectivity index (χ2v) is 6.23. The van der Waals surface area contributed by atoms with Crippen LogP contribution in [0.3, 0.4) is 0 Å². The van der Waals surface area contributed by atoms with Crippen molar-refractivity contribution in [2.24, 2.45) is 0 Å². The van der Waals surface area contributed by atoms with Crippen LogP contribution in [0.5, 0.6) is 0 Å². The van der Waals surface area contributed by atoms with Crippen molar-refractivity contribution >= 4 is 29.2 Å². The van der Waals surface area contributed by atoms with Crippen LogP contribution in [0.4, 0.5) is 11.6 Å². The summed E-state index contributed by atoms with van der Waals surface area (Å²) < 4.78 is 4.91. The van der Waals surface area contributed by atoms with Crippen LogP contribution in [0.2, 0.25) is 0 Å². The summed E-state index contributed by atoms with van der Waals surface area (Å²) in [6, 6.07) is 11.2. The molecule has 0 unspecified atom stereocenters. The average Bonchev–Trinajstić information content (AvgIpc) is 3.05. The monoisotopic (exact) mass is 371 g/mol. The molecule has 0 radical (unpaired) electrons. The van der Waals surface area contributed by atoms with Crippen molar-refractivity contribution in [1.29, 1.82) is 0 Å². The van der Waals surface area contributed by atoms with Crippen molar-refractivity contribution in [3.8, 4) is 11.3 Å². The molecule has 1 N–H and O–H groups in total. The lowest BCUT2D eigenvalue weighted by Gasteiger charge is -2.03. The molecule has 0 aliphatic carbocycles. The number of carbonyl (C=O) groups excluding carboxylic acids is 1. The van der Waals surface area contributed by atoms with Crippen LogP contribution in [0, 0.1) is 17.0 Å². The normalized spacial score (nSPS) is 10.5. The van der Waals surface area contributed by atoms with E-state index in [-0.39, 0.29) is 17.3 Å². The number of aryl methyl sites for hydroxylation is 1. The van der Waals surface area contributed by atoms with E-state index < -0.39 is 4.92 Å². The SMILES string of the molecule is Cc1cc(NC(=O)CSc2ccc(-c3cccc([N+](=O)[O-])c3)nn2)on1. The quantitative estimate of drug-likeness (QED) is 0.398. The molecule has 0 spiro atoms. The fourth-order valence-corrected chi connectivity index (χ4v) is 2.68. The molecule has 1 amide bonds. The van der Waals surface area contributed by atoms with Gasteiger partial charge in [0.05, 0.1) is 22.1 Å². The fourth-order valence-electron chi connectivity index (χ4n) is 2.07. The first-order chi connectivity index (χ1) is 12.5. The van der Waals surface area contributed by atoms with E-state index in [9.17, 15) is 14.9 Å². The van der Waals surface area contributed by atoms with E-state index >= 15 is 0 Å². The topological polar surface area (TPSA) is 124 Å². The Kier molecular flexibility index (Phi) is 5.23. The van der Waals surface area contributed by atoms with Gasteiger partial charge in [0, 0.05) is 23.8 Å². The van der Waals surface area contributed by atoms with Gasteiger partial charge in [-0.2, -0.15) is 0 Å². The minimum absolute atomic E-state index is 0.0120. The van der Waals surface area contributed by atoms with Gasteiger partial charge in [-0.1, -0.05) is 29.1 Å². The van der Waals surface area contributed by atoms with Crippen molar-refractivity contribution in [2.45, 2.75) is 11.9 Å². The van der Waals surface area contributed by atoms with Crippen molar-refractivity contribution in [1.82, 2.24) is 15.4 Å². The molecule has 0 fully saturated rings. The minimum Gasteiger partial charge on any atom is -0.338 e. The molecular weight excluding hydrogens is 358 g/mol. The van der Waals surface area contributed by atoms with Gasteiger partial charge in [-0.05, 0) is 19.1 Å². The first kappa shape index (κ1) is 17.5. The van der Waals surface area contributed by atoms with E-state index in [2.05, 4.69) is 20.7 Å². The predicted octanol–water partition coefficient (Wildman–Crippen LogP) is 3.08. The van der Waals surface area contributed by atoms with Crippen LogP contribution < -0.4 is 5.32 Å². The second-order valence-electron chi connectivity index (χ2n) is 5.23. The number of non-ortho nitro benzene ring substituents is 1. The summed E-state index contributed by atoms with van der Waals surface area (Å²) >= 11 is 1.21. The number of hydrogen-bond acceptors (Lipinski definition) is 8. The second kappa shape index (κ2) is 7.74. The predicted molar refractivity (Wildman–Crippen MR) is 94.7 cm³/mol. The van der Waals surface area contributed by atoms with E-state index in [1.54, 1.807) is 37.3 Å². The lowest BCUT2D eigenvalue weighted by Crippen LogP contribution is -2.13. The molecule has 9 nitrogen and oxygen atoms in total. The molecule has 0 atom stereocenters. The molecule has 2 heterocycles. The number of nitrogens with zero attached hydrogens (tertiary/aromatic N) is 4. The van der Waals surface area contributed by atoms with Crippen molar-refractivity contribution < 1.29 is 14.2 Å². The smallest absolute Gasteiger partial charge is 0.270 e. The Labute approximate surface area is 152 Å². The highest BCUT2D eigenvalue weighted by molar-refractivity contribution is 7.99. The molecule has 3 rings (SSSR count). The third-order valence-electron chi connectivity index (χ3n) is 3.23. The lowest BCUT2D eigenvalue weighted by molar-refractivity contribution is -0.384. The first-order valence-electron chi connectivity index (χ1n) is 7.46. The van der Waals surface area contributed by atoms with Crippen molar-refractivity contribution in [3.63, 3.8) is 0 Å². The number of benzene rings is 1. The maximum absolute atomic E-state index is 11.9. The molecule has 10 heteroatoms. The van der Waals surface area contributed by atoms with E-state index in [0.717, 1.165) is 0 Å². The zero-order valence-electron chi connectivity index (χ0n) is 13.6. The third-order valence-corrected chi connectivity index (χ3v) is 4.15. The van der Waals surface area contributed by atoms with E-state index in [1.807, 2.05) is 0 Å². The molecule has 0 aliphatic rings. The van der Waals surface area contributed by atoms with E-state index in [1.165, 1.54) is 23.9 Å². The fraction of sp³-hybridized carbons (Fsp3) is 0.125. The first-order valence-corrected chi connectivity index (χ1v) is 8.44. The van der Waals surface area contributed by atoms with Gasteiger partial charge in [-0.25, -0.2) is 0 Å². The number of amides is 1. The molecular formula is C16H13N5O4S. The molecule has 3 aromatic rings. The van der Waals surface area contributed by atoms with E-state index in [0.29, 0.717) is 27.9 Å². The summed E-state index contributed by atoms with van der Waals surface area (Å²) in [6.07, 6.45) is 0. The van der Waals surface area contributed by atoms with E-state index in [4.69, 9.17) is 4.52 Å². The maximum Gasteiger partial charge on any atom is 0.270 e. The maximum atomic E-state index is 11.9. The van der Waals surface area contributed by atoms with Crippen LogP contribution in [0.25, 0.3) is 11.3 Å². The largest absolute Gasteiger partial charge is 0.338 e. The van der Waals surface area contributed by atoms with Crippen LogP contribution in [-0.2, 0) is 4.79 Å². The summed E-state index contributed by atoms with van der Waals surface area (Å²) in [5.74, 6) is 0.167. The molecule has 0 saturated carbocycles. The summed E-state index contributed by atoms with van der Waals surface area (Å²) in [4.78, 5) is 22.2. The summed E-state index contributed by atoms with van der Waals surface area (Å²) in [5.41, 5.74) is 1.78. The zero-order valence-corrected chi connectivity index (χ0v) is 14.4. The number of carbonyl (C=O) groups is 1. The zero-order chi connectivity index (χ0) is 18.5. The number of rotatable bonds is 6. The van der Waals surface area contributed by atoms with Gasteiger partial charge in [0.25, 0.3) is 5.69 Å². The molecule has 0 aliphatic heterocycles. The van der Waals surface area contributed by atoms with Gasteiger partial charge in [0.15, 0.2) is 0 Å². The highest BCUT2D eigenvalue weighted by atomic mass is 32.2. The summed E-state index contributed by atoms with van der Waals surface area (Å²) in [6.45, 7) is 1.76. The van der Waals surface area contributed by atoms with Gasteiger partial charge < -0.3 is 4.52 Å². The highest BCUT2D eigenvalue weighted by Crippen LogP contribution is 2.23.